The second kappa shape index (κ2) is 6.81. The van der Waals surface area contributed by atoms with E-state index in [0.717, 1.165) is 24.4 Å². The van der Waals surface area contributed by atoms with Gasteiger partial charge in [0.1, 0.15) is 18.1 Å². The van der Waals surface area contributed by atoms with Crippen LogP contribution in [0, 0.1) is 6.92 Å². The maximum atomic E-state index is 9.17. The molecular weight excluding hydrogens is 238 g/mol. The molecule has 0 aromatic heterocycles. The molecule has 0 aliphatic heterocycles. The maximum absolute atomic E-state index is 9.17. The maximum Gasteiger partial charge on any atom is 0.119 e. The number of phenolic OH excluding ortho intramolecular Hbond substituents is 1. The van der Waals surface area contributed by atoms with Crippen molar-refractivity contribution in [1.29, 1.82) is 0 Å². The van der Waals surface area contributed by atoms with Crippen molar-refractivity contribution in [3.8, 4) is 11.5 Å². The molecule has 0 heterocycles. The molecule has 100 valence electrons. The van der Waals surface area contributed by atoms with Crippen molar-refractivity contribution in [2.45, 2.75) is 13.5 Å². The topological polar surface area (TPSA) is 41.5 Å². The van der Waals surface area contributed by atoms with Gasteiger partial charge in [0.15, 0.2) is 0 Å². The Morgan fingerprint density at radius 3 is 2.63 bits per heavy atom. The molecule has 0 radical (unpaired) electrons. The summed E-state index contributed by atoms with van der Waals surface area (Å²) in [6, 6.07) is 15.2. The Kier molecular flexibility index (Phi) is 4.81. The lowest BCUT2D eigenvalue weighted by molar-refractivity contribution is 0.313. The lowest BCUT2D eigenvalue weighted by Gasteiger charge is -2.08. The number of hydrogen-bond donors (Lipinski definition) is 2. The molecule has 0 spiro atoms. The van der Waals surface area contributed by atoms with Gasteiger partial charge in [-0.2, -0.15) is 0 Å². The van der Waals surface area contributed by atoms with Gasteiger partial charge in [-0.1, -0.05) is 24.3 Å². The Morgan fingerprint density at radius 1 is 1.11 bits per heavy atom. The van der Waals surface area contributed by atoms with Gasteiger partial charge in [0.05, 0.1) is 0 Å². The Hall–Kier alpha value is -2.00. The molecule has 2 N–H and O–H groups in total. The summed E-state index contributed by atoms with van der Waals surface area (Å²) >= 11 is 0. The summed E-state index contributed by atoms with van der Waals surface area (Å²) in [6.07, 6.45) is 0. The Balaban J connectivity index is 1.66. The minimum Gasteiger partial charge on any atom is -0.508 e. The van der Waals surface area contributed by atoms with Crippen LogP contribution in [0.4, 0.5) is 0 Å². The van der Waals surface area contributed by atoms with E-state index in [9.17, 15) is 5.11 Å². The third-order valence-electron chi connectivity index (χ3n) is 2.80. The van der Waals surface area contributed by atoms with Crippen LogP contribution >= 0.6 is 0 Å². The van der Waals surface area contributed by atoms with Gasteiger partial charge in [0, 0.05) is 13.1 Å². The van der Waals surface area contributed by atoms with Gasteiger partial charge in [0.25, 0.3) is 0 Å². The molecule has 0 aliphatic rings. The highest BCUT2D eigenvalue weighted by Crippen LogP contribution is 2.12. The van der Waals surface area contributed by atoms with E-state index >= 15 is 0 Å². The SMILES string of the molecule is Cc1cccc(OCCNCc2ccc(O)cc2)c1. The van der Waals surface area contributed by atoms with E-state index < -0.39 is 0 Å². The highest BCUT2D eigenvalue weighted by molar-refractivity contribution is 5.27. The average molecular weight is 257 g/mol. The van der Waals surface area contributed by atoms with Crippen molar-refractivity contribution >= 4 is 0 Å². The number of phenols is 1. The van der Waals surface area contributed by atoms with Gasteiger partial charge in [-0.3, -0.25) is 0 Å². The number of ether oxygens (including phenoxy) is 1. The Bertz CT molecular complexity index is 508. The predicted molar refractivity (Wildman–Crippen MR) is 76.5 cm³/mol. The number of nitrogens with one attached hydrogen (secondary N) is 1. The number of aromatic hydroxyl groups is 1. The fourth-order valence-electron chi connectivity index (χ4n) is 1.79. The minimum atomic E-state index is 0.298. The molecule has 2 aromatic rings. The highest BCUT2D eigenvalue weighted by Gasteiger charge is 1.95. The molecule has 0 bridgehead atoms. The summed E-state index contributed by atoms with van der Waals surface area (Å²) in [7, 11) is 0. The van der Waals surface area contributed by atoms with Crippen molar-refractivity contribution in [3.63, 3.8) is 0 Å². The van der Waals surface area contributed by atoms with E-state index in [1.165, 1.54) is 5.56 Å². The van der Waals surface area contributed by atoms with E-state index in [-0.39, 0.29) is 0 Å². The first kappa shape index (κ1) is 13.4. The zero-order chi connectivity index (χ0) is 13.5. The van der Waals surface area contributed by atoms with Crippen molar-refractivity contribution in [2.75, 3.05) is 13.2 Å². The number of rotatable bonds is 6. The third kappa shape index (κ3) is 4.64. The summed E-state index contributed by atoms with van der Waals surface area (Å²) < 4.78 is 5.64. The van der Waals surface area contributed by atoms with Crippen molar-refractivity contribution < 1.29 is 9.84 Å². The summed E-state index contributed by atoms with van der Waals surface area (Å²) in [4.78, 5) is 0. The molecule has 0 atom stereocenters. The van der Waals surface area contributed by atoms with Crippen LogP contribution in [0.3, 0.4) is 0 Å². The molecule has 19 heavy (non-hydrogen) atoms. The molecule has 3 nitrogen and oxygen atoms in total. The number of benzene rings is 2. The van der Waals surface area contributed by atoms with E-state index in [4.69, 9.17) is 4.74 Å². The van der Waals surface area contributed by atoms with Crippen LogP contribution in [0.1, 0.15) is 11.1 Å². The van der Waals surface area contributed by atoms with Gasteiger partial charge in [-0.25, -0.2) is 0 Å². The summed E-state index contributed by atoms with van der Waals surface area (Å²) in [5.41, 5.74) is 2.35. The largest absolute Gasteiger partial charge is 0.508 e. The second-order valence-electron chi connectivity index (χ2n) is 4.51. The van der Waals surface area contributed by atoms with Crippen LogP contribution in [0.15, 0.2) is 48.5 Å². The lowest BCUT2D eigenvalue weighted by Crippen LogP contribution is -2.20. The highest BCUT2D eigenvalue weighted by atomic mass is 16.5. The molecule has 2 aromatic carbocycles. The predicted octanol–water partition coefficient (Wildman–Crippen LogP) is 2.87. The van der Waals surface area contributed by atoms with E-state index in [2.05, 4.69) is 18.3 Å². The zero-order valence-corrected chi connectivity index (χ0v) is 11.1. The van der Waals surface area contributed by atoms with Crippen LogP contribution in [-0.2, 0) is 6.54 Å². The molecule has 0 unspecified atom stereocenters. The van der Waals surface area contributed by atoms with Crippen molar-refractivity contribution in [2.24, 2.45) is 0 Å². The Morgan fingerprint density at radius 2 is 1.89 bits per heavy atom. The van der Waals surface area contributed by atoms with Crippen LogP contribution in [0.25, 0.3) is 0 Å². The number of hydrogen-bond acceptors (Lipinski definition) is 3. The number of aryl methyl sites for hydroxylation is 1. The third-order valence-corrected chi connectivity index (χ3v) is 2.80. The summed E-state index contributed by atoms with van der Waals surface area (Å²) in [5, 5.41) is 12.5. The van der Waals surface area contributed by atoms with Crippen LogP contribution in [0.2, 0.25) is 0 Å². The van der Waals surface area contributed by atoms with Gasteiger partial charge in [-0.15, -0.1) is 0 Å². The first-order chi connectivity index (χ1) is 9.24. The first-order valence-corrected chi connectivity index (χ1v) is 6.42. The molecule has 0 aliphatic carbocycles. The average Bonchev–Trinajstić information content (AvgIpc) is 2.41. The summed E-state index contributed by atoms with van der Waals surface area (Å²) in [6.45, 7) is 4.25. The van der Waals surface area contributed by atoms with Gasteiger partial charge in [0.2, 0.25) is 0 Å². The molecule has 3 heteroatoms. The molecule has 2 rings (SSSR count). The van der Waals surface area contributed by atoms with E-state index in [1.54, 1.807) is 12.1 Å². The quantitative estimate of drug-likeness (QED) is 0.782. The van der Waals surface area contributed by atoms with Gasteiger partial charge in [-0.05, 0) is 42.3 Å². The normalized spacial score (nSPS) is 10.4. The zero-order valence-electron chi connectivity index (χ0n) is 11.1. The van der Waals surface area contributed by atoms with E-state index in [0.29, 0.717) is 12.4 Å². The molecule has 0 saturated heterocycles. The van der Waals surface area contributed by atoms with Crippen molar-refractivity contribution in [3.05, 3.63) is 59.7 Å². The molecule has 0 amide bonds. The fraction of sp³-hybridized carbons (Fsp3) is 0.250. The smallest absolute Gasteiger partial charge is 0.119 e. The standard InChI is InChI=1S/C16H19NO2/c1-13-3-2-4-16(11-13)19-10-9-17-12-14-5-7-15(18)8-6-14/h2-8,11,17-18H,9-10,12H2,1H3. The molecule has 0 saturated carbocycles. The van der Waals surface area contributed by atoms with Crippen LogP contribution < -0.4 is 10.1 Å². The van der Waals surface area contributed by atoms with Gasteiger partial charge < -0.3 is 15.2 Å². The minimum absolute atomic E-state index is 0.298. The summed E-state index contributed by atoms with van der Waals surface area (Å²) in [5.74, 6) is 1.21. The van der Waals surface area contributed by atoms with Crippen LogP contribution in [-0.4, -0.2) is 18.3 Å². The second-order valence-corrected chi connectivity index (χ2v) is 4.51. The molecular formula is C16H19NO2. The van der Waals surface area contributed by atoms with Gasteiger partial charge >= 0.3 is 0 Å². The van der Waals surface area contributed by atoms with E-state index in [1.807, 2.05) is 30.3 Å². The van der Waals surface area contributed by atoms with Crippen molar-refractivity contribution in [1.82, 2.24) is 5.32 Å². The fourth-order valence-corrected chi connectivity index (χ4v) is 1.79. The monoisotopic (exact) mass is 257 g/mol. The lowest BCUT2D eigenvalue weighted by atomic mass is 10.2. The Labute approximate surface area is 113 Å². The van der Waals surface area contributed by atoms with Crippen LogP contribution in [0.5, 0.6) is 11.5 Å². The molecule has 0 fully saturated rings. The first-order valence-electron chi connectivity index (χ1n) is 6.42.